The lowest BCUT2D eigenvalue weighted by atomic mass is 10.1. The number of carbonyl (C=O) groups is 2. The first-order valence-electron chi connectivity index (χ1n) is 12.0. The molecule has 4 aromatic heterocycles. The molecule has 1 fully saturated rings. The summed E-state index contributed by atoms with van der Waals surface area (Å²) in [5.74, 6) is -0.354. The zero-order valence-corrected chi connectivity index (χ0v) is 22.7. The normalized spacial score (nSPS) is 14.0. The second-order valence-electron chi connectivity index (χ2n) is 9.73. The van der Waals surface area contributed by atoms with E-state index in [4.69, 9.17) is 16.3 Å². The van der Waals surface area contributed by atoms with Gasteiger partial charge in [-0.15, -0.1) is 0 Å². The minimum absolute atomic E-state index is 0.277. The molecule has 38 heavy (non-hydrogen) atoms. The van der Waals surface area contributed by atoms with E-state index < -0.39 is 5.60 Å². The quantitative estimate of drug-likeness (QED) is 0.348. The predicted octanol–water partition coefficient (Wildman–Crippen LogP) is 5.11. The van der Waals surface area contributed by atoms with Gasteiger partial charge in [-0.05, 0) is 50.6 Å². The zero-order chi connectivity index (χ0) is 26.9. The molecule has 5 rings (SSSR count). The van der Waals surface area contributed by atoms with Crippen LogP contribution in [0.5, 0.6) is 0 Å². The Morgan fingerprint density at radius 2 is 1.76 bits per heavy atom. The first-order valence-corrected chi connectivity index (χ1v) is 13.2. The minimum atomic E-state index is -0.561. The smallest absolute Gasteiger partial charge is 0.410 e. The number of amides is 2. The number of pyridine rings is 3. The number of nitrogens with zero attached hydrogens (tertiary/aromatic N) is 6. The Morgan fingerprint density at radius 1 is 1.03 bits per heavy atom. The number of hydrogen-bond donors (Lipinski definition) is 1. The van der Waals surface area contributed by atoms with Gasteiger partial charge >= 0.3 is 6.09 Å². The van der Waals surface area contributed by atoms with E-state index in [1.54, 1.807) is 29.6 Å². The van der Waals surface area contributed by atoms with Crippen molar-refractivity contribution in [1.29, 1.82) is 0 Å². The summed E-state index contributed by atoms with van der Waals surface area (Å²) in [5.41, 5.74) is 2.94. The number of halogens is 1. The Labute approximate surface area is 228 Å². The summed E-state index contributed by atoms with van der Waals surface area (Å²) in [7, 11) is 0. The van der Waals surface area contributed by atoms with Gasteiger partial charge in [0.15, 0.2) is 10.8 Å². The molecule has 0 saturated carbocycles. The van der Waals surface area contributed by atoms with Crippen LogP contribution in [-0.4, -0.2) is 68.6 Å². The Bertz CT molecular complexity index is 1480. The number of piperazine rings is 1. The molecule has 4 aromatic rings. The molecule has 1 aliphatic rings. The monoisotopic (exact) mass is 551 g/mol. The van der Waals surface area contributed by atoms with Gasteiger partial charge in [0.05, 0.1) is 16.0 Å². The summed E-state index contributed by atoms with van der Waals surface area (Å²) in [6, 6.07) is 7.48. The van der Waals surface area contributed by atoms with Gasteiger partial charge in [-0.2, -0.15) is 4.98 Å². The van der Waals surface area contributed by atoms with Crippen molar-refractivity contribution in [2.75, 3.05) is 36.4 Å². The molecule has 0 atom stereocenters. The van der Waals surface area contributed by atoms with Crippen LogP contribution in [0, 0.1) is 0 Å². The van der Waals surface area contributed by atoms with Gasteiger partial charge in [0.1, 0.15) is 10.8 Å². The average Bonchev–Trinajstić information content (AvgIpc) is 3.29. The van der Waals surface area contributed by atoms with Crippen molar-refractivity contribution >= 4 is 56.1 Å². The lowest BCUT2D eigenvalue weighted by Gasteiger charge is -2.37. The van der Waals surface area contributed by atoms with Crippen LogP contribution in [0.4, 0.5) is 15.6 Å². The number of fused-ring (bicyclic) bond motifs is 1. The Hall–Kier alpha value is -3.83. The van der Waals surface area contributed by atoms with Gasteiger partial charge in [0.25, 0.3) is 5.91 Å². The molecule has 0 spiro atoms. The fraction of sp³-hybridized carbons (Fsp3) is 0.308. The third-order valence-electron chi connectivity index (χ3n) is 5.85. The summed E-state index contributed by atoms with van der Waals surface area (Å²) in [4.78, 5) is 46.5. The van der Waals surface area contributed by atoms with Gasteiger partial charge in [-0.3, -0.25) is 15.1 Å². The Kier molecular flexibility index (Phi) is 7.13. The van der Waals surface area contributed by atoms with Crippen molar-refractivity contribution in [2.24, 2.45) is 0 Å². The van der Waals surface area contributed by atoms with Gasteiger partial charge in [0, 0.05) is 56.5 Å². The van der Waals surface area contributed by atoms with E-state index in [2.05, 4.69) is 25.3 Å². The summed E-state index contributed by atoms with van der Waals surface area (Å²) < 4.78 is 6.33. The second kappa shape index (κ2) is 10.5. The minimum Gasteiger partial charge on any atom is -0.444 e. The molecule has 0 aromatic carbocycles. The van der Waals surface area contributed by atoms with Crippen molar-refractivity contribution in [1.82, 2.24) is 24.8 Å². The third kappa shape index (κ3) is 5.84. The highest BCUT2D eigenvalue weighted by atomic mass is 35.5. The van der Waals surface area contributed by atoms with Crippen LogP contribution in [0.15, 0.2) is 49.1 Å². The molecule has 1 N–H and O–H groups in total. The van der Waals surface area contributed by atoms with Crippen LogP contribution in [0.2, 0.25) is 5.15 Å². The van der Waals surface area contributed by atoms with Crippen LogP contribution in [0.1, 0.15) is 31.1 Å². The molecular formula is C26H26ClN7O3S. The first kappa shape index (κ1) is 25.8. The van der Waals surface area contributed by atoms with Crippen molar-refractivity contribution in [3.8, 4) is 11.1 Å². The van der Waals surface area contributed by atoms with Crippen LogP contribution in [0.25, 0.3) is 21.5 Å². The Morgan fingerprint density at radius 3 is 2.47 bits per heavy atom. The largest absolute Gasteiger partial charge is 0.444 e. The van der Waals surface area contributed by atoms with E-state index in [0.29, 0.717) is 48.2 Å². The molecule has 0 bridgehead atoms. The first-order chi connectivity index (χ1) is 18.2. The van der Waals surface area contributed by atoms with Gasteiger partial charge in [-0.1, -0.05) is 22.9 Å². The molecule has 1 aliphatic heterocycles. The molecule has 0 radical (unpaired) electrons. The molecule has 0 aliphatic carbocycles. The van der Waals surface area contributed by atoms with E-state index in [1.165, 1.54) is 17.5 Å². The number of carbonyl (C=O) groups excluding carboxylic acids is 2. The third-order valence-corrected chi connectivity index (χ3v) is 6.96. The fourth-order valence-corrected chi connectivity index (χ4v) is 5.06. The van der Waals surface area contributed by atoms with Crippen LogP contribution in [0.3, 0.4) is 0 Å². The molecule has 0 unspecified atom stereocenters. The SMILES string of the molecule is CC(C)(C)OC(=O)N1CCN(c2cc(Cl)ncc2C(=O)Nc2nc3ncc(-c4ccncc4)cc3s2)CC1. The fourth-order valence-electron chi connectivity index (χ4n) is 4.05. The predicted molar refractivity (Wildman–Crippen MR) is 148 cm³/mol. The molecule has 10 nitrogen and oxygen atoms in total. The maximum atomic E-state index is 13.3. The number of anilines is 2. The van der Waals surface area contributed by atoms with Crippen LogP contribution in [-0.2, 0) is 4.74 Å². The summed E-state index contributed by atoms with van der Waals surface area (Å²) >= 11 is 7.54. The van der Waals surface area contributed by atoms with Crippen LogP contribution < -0.4 is 10.2 Å². The number of nitrogens with one attached hydrogen (secondary N) is 1. The molecule has 196 valence electrons. The number of hydrogen-bond acceptors (Lipinski definition) is 9. The second-order valence-corrected chi connectivity index (χ2v) is 11.2. The van der Waals surface area contributed by atoms with Crippen molar-refractivity contribution in [3.63, 3.8) is 0 Å². The number of rotatable bonds is 4. The summed E-state index contributed by atoms with van der Waals surface area (Å²) in [6.07, 6.45) is 6.32. The summed E-state index contributed by atoms with van der Waals surface area (Å²) in [6.45, 7) is 7.47. The average molecular weight is 552 g/mol. The lowest BCUT2D eigenvalue weighted by molar-refractivity contribution is 0.0240. The standard InChI is InChI=1S/C26H26ClN7O3S/c1-26(2,3)37-25(36)34-10-8-33(9-11-34)19-13-21(27)29-15-18(19)23(35)32-24-31-22-20(38-24)12-17(14-30-22)16-4-6-28-7-5-16/h4-7,12-15H,8-11H2,1-3H3,(H,30,31,32,35). The highest BCUT2D eigenvalue weighted by Gasteiger charge is 2.28. The van der Waals surface area contributed by atoms with E-state index >= 15 is 0 Å². The maximum absolute atomic E-state index is 13.3. The van der Waals surface area contributed by atoms with Crippen molar-refractivity contribution in [3.05, 3.63) is 59.8 Å². The maximum Gasteiger partial charge on any atom is 0.410 e. The highest BCUT2D eigenvalue weighted by molar-refractivity contribution is 7.22. The number of ether oxygens (including phenoxy) is 1. The topological polar surface area (TPSA) is 113 Å². The molecule has 5 heterocycles. The van der Waals surface area contributed by atoms with Gasteiger partial charge in [0.2, 0.25) is 0 Å². The summed E-state index contributed by atoms with van der Waals surface area (Å²) in [5, 5.41) is 3.59. The molecule has 2 amide bonds. The van der Waals surface area contributed by atoms with E-state index in [-0.39, 0.29) is 17.2 Å². The molecule has 1 saturated heterocycles. The number of thiazole rings is 1. The van der Waals surface area contributed by atoms with E-state index in [0.717, 1.165) is 15.8 Å². The number of aromatic nitrogens is 4. The van der Waals surface area contributed by atoms with Gasteiger partial charge < -0.3 is 14.5 Å². The molecule has 12 heteroatoms. The lowest BCUT2D eigenvalue weighted by Crippen LogP contribution is -2.50. The van der Waals surface area contributed by atoms with E-state index in [1.807, 2.05) is 43.9 Å². The van der Waals surface area contributed by atoms with Crippen molar-refractivity contribution in [2.45, 2.75) is 26.4 Å². The van der Waals surface area contributed by atoms with Crippen LogP contribution >= 0.6 is 22.9 Å². The van der Waals surface area contributed by atoms with E-state index in [9.17, 15) is 9.59 Å². The zero-order valence-electron chi connectivity index (χ0n) is 21.1. The highest BCUT2D eigenvalue weighted by Crippen LogP contribution is 2.30. The Balaban J connectivity index is 1.31. The van der Waals surface area contributed by atoms with Gasteiger partial charge in [-0.25, -0.2) is 14.8 Å². The molecular weight excluding hydrogens is 526 g/mol. The van der Waals surface area contributed by atoms with Crippen molar-refractivity contribution < 1.29 is 14.3 Å².